The Hall–Kier alpha value is -4.11. The summed E-state index contributed by atoms with van der Waals surface area (Å²) in [6.07, 6.45) is -3.16. The molecule has 0 saturated carbocycles. The minimum Gasteiger partial charge on any atom is -0.269 e. The zero-order chi connectivity index (χ0) is 22.0. The summed E-state index contributed by atoms with van der Waals surface area (Å²) in [7, 11) is 0. The van der Waals surface area contributed by atoms with Gasteiger partial charge < -0.3 is 0 Å². The molecule has 0 unspecified atom stereocenters. The summed E-state index contributed by atoms with van der Waals surface area (Å²) >= 11 is 0. The van der Waals surface area contributed by atoms with Crippen LogP contribution < -0.4 is 4.90 Å². The number of anilines is 1. The highest BCUT2D eigenvalue weighted by molar-refractivity contribution is 6.43. The van der Waals surface area contributed by atoms with Crippen molar-refractivity contribution in [2.45, 2.75) is 6.18 Å². The predicted molar refractivity (Wildman–Crippen MR) is 111 cm³/mol. The maximum atomic E-state index is 12.9. The second-order valence-electron chi connectivity index (χ2n) is 6.78. The van der Waals surface area contributed by atoms with Gasteiger partial charge in [-0.1, -0.05) is 54.3 Å². The monoisotopic (exact) mass is 417 g/mol. The van der Waals surface area contributed by atoms with Gasteiger partial charge in [0.05, 0.1) is 16.8 Å². The van der Waals surface area contributed by atoms with Gasteiger partial charge in [0, 0.05) is 17.2 Å². The standard InChI is InChI=1S/C25H14F3NO2/c26-25(27,28)20-10-4-6-17(14-20)12-13-18-7-5-11-21(15-18)29-23(30)16-22(24(29)31)19-8-2-1-3-9-19/h1-11,14-16H. The summed E-state index contributed by atoms with van der Waals surface area (Å²) in [6, 6.07) is 20.0. The lowest BCUT2D eigenvalue weighted by Gasteiger charge is -2.15. The normalized spacial score (nSPS) is 13.6. The number of nitrogens with zero attached hydrogens (tertiary/aromatic N) is 1. The number of hydrogen-bond donors (Lipinski definition) is 0. The third-order valence-corrected chi connectivity index (χ3v) is 4.65. The van der Waals surface area contributed by atoms with E-state index in [1.807, 2.05) is 6.07 Å². The summed E-state index contributed by atoms with van der Waals surface area (Å²) in [5.41, 5.74) is 1.18. The molecule has 0 spiro atoms. The van der Waals surface area contributed by atoms with Crippen molar-refractivity contribution < 1.29 is 22.8 Å². The zero-order valence-electron chi connectivity index (χ0n) is 16.0. The molecule has 1 heterocycles. The minimum atomic E-state index is -4.45. The molecule has 2 amide bonds. The first-order chi connectivity index (χ1) is 14.8. The largest absolute Gasteiger partial charge is 0.416 e. The van der Waals surface area contributed by atoms with Crippen LogP contribution in [0.4, 0.5) is 18.9 Å². The van der Waals surface area contributed by atoms with Crippen LogP contribution in [0.25, 0.3) is 5.57 Å². The highest BCUT2D eigenvalue weighted by Crippen LogP contribution is 2.30. The van der Waals surface area contributed by atoms with E-state index >= 15 is 0 Å². The molecule has 6 heteroatoms. The van der Waals surface area contributed by atoms with Crippen LogP contribution in [0.1, 0.15) is 22.3 Å². The molecule has 31 heavy (non-hydrogen) atoms. The Bertz CT molecular complexity index is 1260. The lowest BCUT2D eigenvalue weighted by Crippen LogP contribution is -2.30. The lowest BCUT2D eigenvalue weighted by molar-refractivity contribution is -0.137. The maximum absolute atomic E-state index is 12.9. The van der Waals surface area contributed by atoms with Crippen molar-refractivity contribution in [2.75, 3.05) is 4.90 Å². The predicted octanol–water partition coefficient (Wildman–Crippen LogP) is 5.06. The van der Waals surface area contributed by atoms with Gasteiger partial charge in [0.1, 0.15) is 0 Å². The molecule has 0 aromatic heterocycles. The van der Waals surface area contributed by atoms with Crippen LogP contribution in [0.5, 0.6) is 0 Å². The molecule has 1 aliphatic heterocycles. The van der Waals surface area contributed by atoms with Gasteiger partial charge in [-0.2, -0.15) is 13.2 Å². The minimum absolute atomic E-state index is 0.210. The first-order valence-electron chi connectivity index (χ1n) is 9.28. The fraction of sp³-hybridized carbons (Fsp3) is 0.0400. The quantitative estimate of drug-likeness (QED) is 0.432. The van der Waals surface area contributed by atoms with Crippen LogP contribution in [-0.2, 0) is 15.8 Å². The first kappa shape index (κ1) is 20.2. The molecule has 0 N–H and O–H groups in total. The average molecular weight is 417 g/mol. The smallest absolute Gasteiger partial charge is 0.269 e. The van der Waals surface area contributed by atoms with E-state index in [2.05, 4.69) is 11.8 Å². The Morgan fingerprint density at radius 2 is 1.39 bits per heavy atom. The number of halogens is 3. The molecular formula is C25H14F3NO2. The van der Waals surface area contributed by atoms with Crippen LogP contribution in [0.15, 0.2) is 84.9 Å². The van der Waals surface area contributed by atoms with Crippen LogP contribution in [-0.4, -0.2) is 11.8 Å². The van der Waals surface area contributed by atoms with Crippen LogP contribution in [0.3, 0.4) is 0 Å². The number of rotatable bonds is 2. The first-order valence-corrected chi connectivity index (χ1v) is 9.28. The Kier molecular flexibility index (Phi) is 5.18. The highest BCUT2D eigenvalue weighted by Gasteiger charge is 2.33. The van der Waals surface area contributed by atoms with Crippen molar-refractivity contribution in [1.82, 2.24) is 0 Å². The molecule has 4 rings (SSSR count). The molecule has 0 bridgehead atoms. The van der Waals surface area contributed by atoms with E-state index in [9.17, 15) is 22.8 Å². The van der Waals surface area contributed by atoms with Gasteiger partial charge in [-0.05, 0) is 42.0 Å². The van der Waals surface area contributed by atoms with Gasteiger partial charge in [0.15, 0.2) is 0 Å². The van der Waals surface area contributed by atoms with Crippen LogP contribution in [0.2, 0.25) is 0 Å². The summed E-state index contributed by atoms with van der Waals surface area (Å²) in [5, 5.41) is 0. The number of carbonyl (C=O) groups is 2. The Balaban J connectivity index is 1.60. The van der Waals surface area contributed by atoms with Gasteiger partial charge in [0.25, 0.3) is 11.8 Å². The second kappa shape index (κ2) is 7.96. The van der Waals surface area contributed by atoms with Crippen molar-refractivity contribution in [3.05, 3.63) is 107 Å². The SMILES string of the molecule is O=C1C=C(c2ccccc2)C(=O)N1c1cccc(C#Cc2cccc(C(F)(F)F)c2)c1. The average Bonchev–Trinajstić information content (AvgIpc) is 3.06. The van der Waals surface area contributed by atoms with Gasteiger partial charge >= 0.3 is 6.18 Å². The molecule has 0 fully saturated rings. The summed E-state index contributed by atoms with van der Waals surface area (Å²) in [6.45, 7) is 0. The third kappa shape index (κ3) is 4.26. The van der Waals surface area contributed by atoms with Crippen molar-refractivity contribution >= 4 is 23.1 Å². The molecule has 152 valence electrons. The molecule has 0 radical (unpaired) electrons. The van der Waals surface area contributed by atoms with Crippen molar-refractivity contribution in [1.29, 1.82) is 0 Å². The molecule has 0 aliphatic carbocycles. The summed E-state index contributed by atoms with van der Waals surface area (Å²) in [4.78, 5) is 26.4. The van der Waals surface area contributed by atoms with E-state index in [0.29, 0.717) is 22.4 Å². The third-order valence-electron chi connectivity index (χ3n) is 4.65. The fourth-order valence-corrected chi connectivity index (χ4v) is 3.18. The molecular weight excluding hydrogens is 403 g/mol. The van der Waals surface area contributed by atoms with E-state index in [0.717, 1.165) is 17.0 Å². The van der Waals surface area contributed by atoms with Crippen LogP contribution >= 0.6 is 0 Å². The number of carbonyl (C=O) groups excluding carboxylic acids is 2. The maximum Gasteiger partial charge on any atom is 0.416 e. The highest BCUT2D eigenvalue weighted by atomic mass is 19.4. The van der Waals surface area contributed by atoms with Gasteiger partial charge in [-0.25, -0.2) is 4.90 Å². The molecule has 1 aliphatic rings. The van der Waals surface area contributed by atoms with Gasteiger partial charge in [-0.3, -0.25) is 9.59 Å². The van der Waals surface area contributed by atoms with Crippen LogP contribution in [0, 0.1) is 11.8 Å². The zero-order valence-corrected chi connectivity index (χ0v) is 16.0. The Labute approximate surface area is 176 Å². The van der Waals surface area contributed by atoms with Crippen molar-refractivity contribution in [2.24, 2.45) is 0 Å². The molecule has 0 saturated heterocycles. The Morgan fingerprint density at radius 3 is 2.06 bits per heavy atom. The second-order valence-corrected chi connectivity index (χ2v) is 6.78. The Morgan fingerprint density at radius 1 is 0.742 bits per heavy atom. The number of alkyl halides is 3. The number of amides is 2. The number of benzene rings is 3. The topological polar surface area (TPSA) is 37.4 Å². The van der Waals surface area contributed by atoms with Crippen molar-refractivity contribution in [3.63, 3.8) is 0 Å². The molecule has 3 aromatic rings. The number of imide groups is 1. The molecule has 3 nitrogen and oxygen atoms in total. The van der Waals surface area contributed by atoms with Gasteiger partial charge in [-0.15, -0.1) is 0 Å². The van der Waals surface area contributed by atoms with Crippen molar-refractivity contribution in [3.8, 4) is 11.8 Å². The van der Waals surface area contributed by atoms with E-state index in [1.165, 1.54) is 18.2 Å². The van der Waals surface area contributed by atoms with E-state index in [-0.39, 0.29) is 5.56 Å². The van der Waals surface area contributed by atoms with Gasteiger partial charge in [0.2, 0.25) is 0 Å². The van der Waals surface area contributed by atoms with E-state index < -0.39 is 23.6 Å². The van der Waals surface area contributed by atoms with E-state index in [4.69, 9.17) is 0 Å². The lowest BCUT2D eigenvalue weighted by atomic mass is 10.1. The summed E-state index contributed by atoms with van der Waals surface area (Å²) < 4.78 is 38.6. The fourth-order valence-electron chi connectivity index (χ4n) is 3.18. The number of hydrogen-bond acceptors (Lipinski definition) is 2. The van der Waals surface area contributed by atoms with E-state index in [1.54, 1.807) is 48.5 Å². The molecule has 3 aromatic carbocycles. The summed E-state index contributed by atoms with van der Waals surface area (Å²) in [5.74, 6) is 4.58. The molecule has 0 atom stereocenters.